The van der Waals surface area contributed by atoms with Crippen molar-refractivity contribution in [2.24, 2.45) is 0 Å². The highest BCUT2D eigenvalue weighted by Crippen LogP contribution is 2.27. The average Bonchev–Trinajstić information content (AvgIpc) is 2.39. The lowest BCUT2D eigenvalue weighted by Gasteiger charge is -2.28. The van der Waals surface area contributed by atoms with Crippen molar-refractivity contribution < 1.29 is 4.79 Å². The molecule has 2 rings (SSSR count). The zero-order valence-electron chi connectivity index (χ0n) is 10.5. The summed E-state index contributed by atoms with van der Waals surface area (Å²) in [7, 11) is 0. The third-order valence-corrected chi connectivity index (χ3v) is 5.45. The molecule has 1 saturated carbocycles. The number of amides is 1. The van der Waals surface area contributed by atoms with Gasteiger partial charge in [0.25, 0.3) is 5.91 Å². The number of benzene rings is 1. The smallest absolute Gasteiger partial charge is 0.252 e. The van der Waals surface area contributed by atoms with Gasteiger partial charge in [-0.2, -0.15) is 11.8 Å². The molecule has 1 aromatic carbocycles. The Labute approximate surface area is 126 Å². The zero-order valence-corrected chi connectivity index (χ0v) is 13.5. The van der Waals surface area contributed by atoms with Crippen molar-refractivity contribution >= 4 is 40.3 Å². The van der Waals surface area contributed by atoms with E-state index in [-0.39, 0.29) is 5.91 Å². The molecule has 98 valence electrons. The van der Waals surface area contributed by atoms with Gasteiger partial charge in [-0.3, -0.25) is 4.79 Å². The molecule has 1 aromatic rings. The first-order valence-electron chi connectivity index (χ1n) is 6.29. The van der Waals surface area contributed by atoms with E-state index < -0.39 is 0 Å². The summed E-state index contributed by atoms with van der Waals surface area (Å²) >= 11 is 4.14. The van der Waals surface area contributed by atoms with E-state index in [1.165, 1.54) is 12.8 Å². The van der Waals surface area contributed by atoms with Crippen LogP contribution in [0.1, 0.15) is 36.0 Å². The molecule has 0 aromatic heterocycles. The number of hydrogen-bond acceptors (Lipinski definition) is 2. The van der Waals surface area contributed by atoms with Crippen LogP contribution in [0, 0.1) is 3.57 Å². The molecule has 2 atom stereocenters. The Morgan fingerprint density at radius 3 is 2.89 bits per heavy atom. The molecule has 1 amide bonds. The van der Waals surface area contributed by atoms with Crippen LogP contribution in [0.2, 0.25) is 0 Å². The standard InChI is InChI=1S/C14H18INOS/c1-18-11-6-4-5-10(9-11)16-14(17)12-7-2-3-8-13(12)15/h2-3,7-8,10-11H,4-6,9H2,1H3,(H,16,17). The molecule has 0 bridgehead atoms. The van der Waals surface area contributed by atoms with E-state index >= 15 is 0 Å². The normalized spacial score (nSPS) is 23.7. The maximum absolute atomic E-state index is 12.2. The Morgan fingerprint density at radius 1 is 1.39 bits per heavy atom. The van der Waals surface area contributed by atoms with Gasteiger partial charge in [0.2, 0.25) is 0 Å². The summed E-state index contributed by atoms with van der Waals surface area (Å²) in [5.41, 5.74) is 0.796. The second-order valence-corrected chi connectivity index (χ2v) is 6.97. The molecule has 2 nitrogen and oxygen atoms in total. The lowest BCUT2D eigenvalue weighted by molar-refractivity contribution is 0.0927. The number of thioether (sulfide) groups is 1. The third kappa shape index (κ3) is 3.63. The van der Waals surface area contributed by atoms with Crippen molar-refractivity contribution in [3.05, 3.63) is 33.4 Å². The number of carbonyl (C=O) groups excluding carboxylic acids is 1. The van der Waals surface area contributed by atoms with Crippen LogP contribution in [-0.2, 0) is 0 Å². The average molecular weight is 375 g/mol. The molecule has 4 heteroatoms. The molecule has 0 radical (unpaired) electrons. The maximum atomic E-state index is 12.2. The summed E-state index contributed by atoms with van der Waals surface area (Å²) in [6, 6.07) is 8.10. The predicted octanol–water partition coefficient (Wildman–Crippen LogP) is 3.70. The number of hydrogen-bond donors (Lipinski definition) is 1. The Hall–Kier alpha value is -0.230. The van der Waals surface area contributed by atoms with Gasteiger partial charge in [-0.25, -0.2) is 0 Å². The van der Waals surface area contributed by atoms with Gasteiger partial charge in [-0.1, -0.05) is 18.6 Å². The van der Waals surface area contributed by atoms with E-state index in [2.05, 4.69) is 34.2 Å². The van der Waals surface area contributed by atoms with E-state index in [1.54, 1.807) is 0 Å². The monoisotopic (exact) mass is 375 g/mol. The van der Waals surface area contributed by atoms with E-state index in [0.717, 1.165) is 22.0 Å². The van der Waals surface area contributed by atoms with Crippen LogP contribution >= 0.6 is 34.4 Å². The van der Waals surface area contributed by atoms with Crippen LogP contribution in [0.5, 0.6) is 0 Å². The molecule has 1 fully saturated rings. The van der Waals surface area contributed by atoms with Crippen molar-refractivity contribution in [3.63, 3.8) is 0 Å². The van der Waals surface area contributed by atoms with Crippen molar-refractivity contribution in [2.45, 2.75) is 37.0 Å². The molecule has 1 N–H and O–H groups in total. The van der Waals surface area contributed by atoms with Gasteiger partial charge >= 0.3 is 0 Å². The zero-order chi connectivity index (χ0) is 13.0. The van der Waals surface area contributed by atoms with Crippen molar-refractivity contribution in [2.75, 3.05) is 6.26 Å². The molecule has 2 unspecified atom stereocenters. The summed E-state index contributed by atoms with van der Waals surface area (Å²) in [6.07, 6.45) is 6.90. The fraction of sp³-hybridized carbons (Fsp3) is 0.500. The second kappa shape index (κ2) is 6.80. The molecule has 0 spiro atoms. The molecule has 1 aliphatic carbocycles. The minimum Gasteiger partial charge on any atom is -0.349 e. The van der Waals surface area contributed by atoms with E-state index in [4.69, 9.17) is 0 Å². The molecule has 1 aliphatic rings. The molecular formula is C14H18INOS. The first kappa shape index (κ1) is 14.2. The Kier molecular flexibility index (Phi) is 5.36. The van der Waals surface area contributed by atoms with E-state index in [9.17, 15) is 4.79 Å². The molecule has 0 saturated heterocycles. The summed E-state index contributed by atoms with van der Waals surface area (Å²) in [4.78, 5) is 12.2. The Balaban J connectivity index is 1.97. The van der Waals surface area contributed by atoms with Crippen molar-refractivity contribution in [1.29, 1.82) is 0 Å². The molecule has 18 heavy (non-hydrogen) atoms. The first-order valence-corrected chi connectivity index (χ1v) is 8.65. The first-order chi connectivity index (χ1) is 8.70. The van der Waals surface area contributed by atoms with Crippen molar-refractivity contribution in [3.8, 4) is 0 Å². The van der Waals surface area contributed by atoms with Crippen LogP contribution < -0.4 is 5.32 Å². The summed E-state index contributed by atoms with van der Waals surface area (Å²) in [5.74, 6) is 0.0757. The van der Waals surface area contributed by atoms with Crippen LogP contribution in [0.25, 0.3) is 0 Å². The number of nitrogens with one attached hydrogen (secondary N) is 1. The maximum Gasteiger partial charge on any atom is 0.252 e. The molecule has 0 heterocycles. The lowest BCUT2D eigenvalue weighted by Crippen LogP contribution is -2.39. The van der Waals surface area contributed by atoms with Gasteiger partial charge in [0.05, 0.1) is 5.56 Å². The minimum absolute atomic E-state index is 0.0757. The predicted molar refractivity (Wildman–Crippen MR) is 86.2 cm³/mol. The van der Waals surface area contributed by atoms with E-state index in [1.807, 2.05) is 36.0 Å². The highest BCUT2D eigenvalue weighted by molar-refractivity contribution is 14.1. The van der Waals surface area contributed by atoms with Gasteiger partial charge < -0.3 is 5.32 Å². The van der Waals surface area contributed by atoms with Gasteiger partial charge in [-0.05, 0) is 60.2 Å². The highest BCUT2D eigenvalue weighted by atomic mass is 127. The van der Waals surface area contributed by atoms with E-state index in [0.29, 0.717) is 11.3 Å². The number of rotatable bonds is 3. The quantitative estimate of drug-likeness (QED) is 0.817. The third-order valence-electron chi connectivity index (χ3n) is 3.41. The second-order valence-electron chi connectivity index (χ2n) is 4.67. The van der Waals surface area contributed by atoms with Crippen molar-refractivity contribution in [1.82, 2.24) is 5.32 Å². The SMILES string of the molecule is CSC1CCCC(NC(=O)c2ccccc2I)C1. The summed E-state index contributed by atoms with van der Waals surface area (Å²) < 4.78 is 1.02. The van der Waals surface area contributed by atoms with Gasteiger partial charge in [0.1, 0.15) is 0 Å². The van der Waals surface area contributed by atoms with Gasteiger partial charge in [-0.15, -0.1) is 0 Å². The topological polar surface area (TPSA) is 29.1 Å². The van der Waals surface area contributed by atoms with Crippen LogP contribution in [0.4, 0.5) is 0 Å². The number of halogens is 1. The van der Waals surface area contributed by atoms with Gasteiger partial charge in [0.15, 0.2) is 0 Å². The summed E-state index contributed by atoms with van der Waals surface area (Å²) in [5, 5.41) is 3.89. The Bertz CT molecular complexity index is 424. The molecule has 0 aliphatic heterocycles. The van der Waals surface area contributed by atoms with Gasteiger partial charge in [0, 0.05) is 14.9 Å². The largest absolute Gasteiger partial charge is 0.349 e. The fourth-order valence-electron chi connectivity index (χ4n) is 2.40. The van der Waals surface area contributed by atoms with Crippen LogP contribution in [0.3, 0.4) is 0 Å². The molecular weight excluding hydrogens is 357 g/mol. The number of carbonyl (C=O) groups is 1. The summed E-state index contributed by atoms with van der Waals surface area (Å²) in [6.45, 7) is 0. The fourth-order valence-corrected chi connectivity index (χ4v) is 3.86. The van der Waals surface area contributed by atoms with Crippen LogP contribution in [-0.4, -0.2) is 23.5 Å². The van der Waals surface area contributed by atoms with Crippen LogP contribution in [0.15, 0.2) is 24.3 Å². The Morgan fingerprint density at radius 2 is 2.17 bits per heavy atom. The minimum atomic E-state index is 0.0757. The lowest BCUT2D eigenvalue weighted by atomic mass is 9.94. The highest BCUT2D eigenvalue weighted by Gasteiger charge is 2.23.